The molecule has 9 nitrogen and oxygen atoms in total. The predicted octanol–water partition coefficient (Wildman–Crippen LogP) is 2.35. The Morgan fingerprint density at radius 2 is 1.96 bits per heavy atom. The van der Waals surface area contributed by atoms with Gasteiger partial charge in [-0.2, -0.15) is 0 Å². The van der Waals surface area contributed by atoms with Gasteiger partial charge in [0.1, 0.15) is 5.00 Å². The number of methoxy groups -OCH3 is 1. The van der Waals surface area contributed by atoms with Gasteiger partial charge in [0, 0.05) is 17.3 Å². The van der Waals surface area contributed by atoms with E-state index in [0.29, 0.717) is 23.5 Å². The summed E-state index contributed by atoms with van der Waals surface area (Å²) in [4.78, 5) is 50.5. The first-order valence-electron chi connectivity index (χ1n) is 8.54. The second-order valence-electron chi connectivity index (χ2n) is 6.17. The van der Waals surface area contributed by atoms with Crippen molar-refractivity contribution < 1.29 is 28.7 Å². The average molecular weight is 397 g/mol. The Hall–Kier alpha value is -2.62. The monoisotopic (exact) mass is 397 g/mol. The number of nitrogens with zero attached hydrogens (tertiary/aromatic N) is 1. The number of alkyl carbamates (subject to hydrolysis) is 1. The van der Waals surface area contributed by atoms with Crippen molar-refractivity contribution in [1.29, 1.82) is 0 Å². The van der Waals surface area contributed by atoms with Gasteiger partial charge in [0.25, 0.3) is 5.91 Å². The molecule has 0 fully saturated rings. The van der Waals surface area contributed by atoms with Gasteiger partial charge >= 0.3 is 12.2 Å². The van der Waals surface area contributed by atoms with E-state index in [4.69, 9.17) is 9.47 Å². The molecule has 4 amide bonds. The molecule has 27 heavy (non-hydrogen) atoms. The summed E-state index contributed by atoms with van der Waals surface area (Å²) in [5, 5.41) is 5.27. The van der Waals surface area contributed by atoms with Gasteiger partial charge in [-0.25, -0.2) is 9.59 Å². The number of hydrogen-bond donors (Lipinski definition) is 2. The lowest BCUT2D eigenvalue weighted by Crippen LogP contribution is -2.36. The van der Waals surface area contributed by atoms with Crippen molar-refractivity contribution in [3.8, 4) is 0 Å². The van der Waals surface area contributed by atoms with E-state index < -0.39 is 18.1 Å². The van der Waals surface area contributed by atoms with Gasteiger partial charge in [0.15, 0.2) is 0 Å². The third-order valence-electron chi connectivity index (χ3n) is 3.97. The molecule has 0 atom stereocenters. The normalized spacial score (nSPS) is 13.0. The molecule has 0 radical (unpaired) electrons. The summed E-state index contributed by atoms with van der Waals surface area (Å²) in [7, 11) is 1.30. The first-order valence-corrected chi connectivity index (χ1v) is 9.36. The van der Waals surface area contributed by atoms with E-state index in [1.165, 1.54) is 23.3 Å². The van der Waals surface area contributed by atoms with Crippen LogP contribution in [0.25, 0.3) is 0 Å². The van der Waals surface area contributed by atoms with Gasteiger partial charge in [0.2, 0.25) is 5.91 Å². The van der Waals surface area contributed by atoms with Crippen molar-refractivity contribution in [2.45, 2.75) is 33.7 Å². The summed E-state index contributed by atoms with van der Waals surface area (Å²) in [5.41, 5.74) is 0.947. The van der Waals surface area contributed by atoms with E-state index in [0.717, 1.165) is 4.88 Å². The third kappa shape index (κ3) is 4.76. The number of amides is 4. The van der Waals surface area contributed by atoms with Crippen LogP contribution in [0.3, 0.4) is 0 Å². The molecule has 1 aromatic rings. The Balaban J connectivity index is 2.36. The highest BCUT2D eigenvalue weighted by molar-refractivity contribution is 7.17. The van der Waals surface area contributed by atoms with Crippen molar-refractivity contribution in [2.75, 3.05) is 25.6 Å². The quantitative estimate of drug-likeness (QED) is 0.806. The van der Waals surface area contributed by atoms with E-state index in [9.17, 15) is 19.2 Å². The molecule has 1 aromatic heterocycles. The summed E-state index contributed by atoms with van der Waals surface area (Å²) >= 11 is 1.21. The number of nitrogens with one attached hydrogen (secondary N) is 2. The number of hydrogen-bond acceptors (Lipinski definition) is 7. The first kappa shape index (κ1) is 20.7. The van der Waals surface area contributed by atoms with Crippen LogP contribution >= 0.6 is 11.3 Å². The maximum absolute atomic E-state index is 12.6. The molecule has 0 aromatic carbocycles. The molecule has 0 aliphatic carbocycles. The Kier molecular flexibility index (Phi) is 6.78. The lowest BCUT2D eigenvalue weighted by Gasteiger charge is -2.25. The highest BCUT2D eigenvalue weighted by Gasteiger charge is 2.31. The van der Waals surface area contributed by atoms with Crippen LogP contribution < -0.4 is 10.6 Å². The maximum atomic E-state index is 12.6. The molecule has 1 aliphatic rings. The largest absolute Gasteiger partial charge is 0.453 e. The number of fused-ring (bicyclic) bond motifs is 1. The number of thiophene rings is 1. The molecule has 0 unspecified atom stereocenters. The molecule has 2 N–H and O–H groups in total. The van der Waals surface area contributed by atoms with Gasteiger partial charge in [-0.15, -0.1) is 11.3 Å². The van der Waals surface area contributed by atoms with E-state index >= 15 is 0 Å². The van der Waals surface area contributed by atoms with E-state index in [2.05, 4.69) is 10.6 Å². The molecule has 0 bridgehead atoms. The Bertz CT molecular complexity index is 758. The molecule has 1 aliphatic heterocycles. The number of ether oxygens (including phenoxy) is 2. The fraction of sp³-hybridized carbons (Fsp3) is 0.529. The SMILES string of the molecule is CCOC(=O)NC(=O)c1c(NC(=O)C(C)C)sc2c1CCN(C(=O)OC)C2. The Labute approximate surface area is 161 Å². The van der Waals surface area contributed by atoms with Gasteiger partial charge in [-0.3, -0.25) is 14.9 Å². The lowest BCUT2D eigenvalue weighted by molar-refractivity contribution is -0.118. The van der Waals surface area contributed by atoms with E-state index in [1.54, 1.807) is 20.8 Å². The summed E-state index contributed by atoms with van der Waals surface area (Å²) in [6, 6.07) is 0. The van der Waals surface area contributed by atoms with Crippen LogP contribution in [0.2, 0.25) is 0 Å². The number of carbonyl (C=O) groups is 4. The van der Waals surface area contributed by atoms with Crippen LogP contribution in [0.1, 0.15) is 41.6 Å². The van der Waals surface area contributed by atoms with Crippen molar-refractivity contribution >= 4 is 40.3 Å². The van der Waals surface area contributed by atoms with E-state index in [-0.39, 0.29) is 30.5 Å². The van der Waals surface area contributed by atoms with Gasteiger partial charge in [-0.05, 0) is 18.9 Å². The zero-order chi connectivity index (χ0) is 20.1. The van der Waals surface area contributed by atoms with Gasteiger partial charge in [0.05, 0.1) is 25.8 Å². The van der Waals surface area contributed by atoms with Crippen molar-refractivity contribution in [1.82, 2.24) is 10.2 Å². The maximum Gasteiger partial charge on any atom is 0.414 e. The molecule has 148 valence electrons. The zero-order valence-electron chi connectivity index (χ0n) is 15.7. The van der Waals surface area contributed by atoms with Crippen LogP contribution in [0, 0.1) is 5.92 Å². The van der Waals surface area contributed by atoms with Crippen LogP contribution in [0.5, 0.6) is 0 Å². The average Bonchev–Trinajstić information content (AvgIpc) is 2.97. The van der Waals surface area contributed by atoms with Crippen LogP contribution in [-0.4, -0.2) is 49.2 Å². The van der Waals surface area contributed by atoms with E-state index in [1.807, 2.05) is 0 Å². The third-order valence-corrected chi connectivity index (χ3v) is 5.10. The minimum absolute atomic E-state index is 0.131. The highest BCUT2D eigenvalue weighted by atomic mass is 32.1. The smallest absolute Gasteiger partial charge is 0.414 e. The first-order chi connectivity index (χ1) is 12.8. The second-order valence-corrected chi connectivity index (χ2v) is 7.27. The van der Waals surface area contributed by atoms with Crippen molar-refractivity contribution in [3.05, 3.63) is 16.0 Å². The number of anilines is 1. The molecule has 0 saturated carbocycles. The van der Waals surface area contributed by atoms with Crippen LogP contribution in [0.4, 0.5) is 14.6 Å². The molecule has 2 rings (SSSR count). The number of carbonyl (C=O) groups excluding carboxylic acids is 4. The standard InChI is InChI=1S/C17H23N3O6S/c1-5-26-16(23)19-14(22)12-10-6-7-20(17(24)25-4)8-11(10)27-15(12)18-13(21)9(2)3/h9H,5-8H2,1-4H3,(H,18,21)(H,19,22,23). The fourth-order valence-electron chi connectivity index (χ4n) is 2.60. The minimum Gasteiger partial charge on any atom is -0.453 e. The van der Waals surface area contributed by atoms with Crippen LogP contribution in [0.15, 0.2) is 0 Å². The Morgan fingerprint density at radius 1 is 1.26 bits per heavy atom. The van der Waals surface area contributed by atoms with Crippen LogP contribution in [-0.2, 0) is 27.2 Å². The lowest BCUT2D eigenvalue weighted by atomic mass is 10.0. The predicted molar refractivity (Wildman–Crippen MR) is 98.8 cm³/mol. The number of rotatable bonds is 4. The summed E-state index contributed by atoms with van der Waals surface area (Å²) in [6.07, 6.45) is -0.903. The second kappa shape index (κ2) is 8.85. The molecule has 0 saturated heterocycles. The van der Waals surface area contributed by atoms with Gasteiger partial charge in [-0.1, -0.05) is 13.8 Å². The van der Waals surface area contributed by atoms with Crippen molar-refractivity contribution in [2.24, 2.45) is 5.92 Å². The summed E-state index contributed by atoms with van der Waals surface area (Å²) < 4.78 is 9.50. The van der Waals surface area contributed by atoms with Gasteiger partial charge < -0.3 is 19.7 Å². The zero-order valence-corrected chi connectivity index (χ0v) is 16.5. The fourth-order valence-corrected chi connectivity index (χ4v) is 3.86. The molecular weight excluding hydrogens is 374 g/mol. The van der Waals surface area contributed by atoms with Crippen molar-refractivity contribution in [3.63, 3.8) is 0 Å². The molecule has 2 heterocycles. The minimum atomic E-state index is -0.851. The molecular formula is C17H23N3O6S. The Morgan fingerprint density at radius 3 is 2.56 bits per heavy atom. The molecule has 0 spiro atoms. The summed E-state index contributed by atoms with van der Waals surface area (Å²) in [6.45, 7) is 5.87. The highest BCUT2D eigenvalue weighted by Crippen LogP contribution is 2.37. The molecule has 10 heteroatoms. The summed E-state index contributed by atoms with van der Waals surface area (Å²) in [5.74, 6) is -1.17. The topological polar surface area (TPSA) is 114 Å². The number of imide groups is 1.